The molecule has 3 heteroatoms. The molecule has 0 aromatic heterocycles. The molecule has 0 saturated carbocycles. The van der Waals surface area contributed by atoms with Gasteiger partial charge < -0.3 is 4.74 Å². The van der Waals surface area contributed by atoms with Crippen LogP contribution in [-0.2, 0) is 19.4 Å². The van der Waals surface area contributed by atoms with Gasteiger partial charge in [0.15, 0.2) is 0 Å². The molecule has 2 aromatic carbocycles. The standard InChI is InChI=1S/C24H30ClNO/c1-2-14-26-15-6-5-12-24(26)13-11-19-16-22(10-9-20(19)17-24)27-18-21-7-3-4-8-23(21)25/h3-4,7-10,16H,2,5-6,11-15,17-18H2,1H3. The fourth-order valence-corrected chi connectivity index (χ4v) is 5.13. The van der Waals surface area contributed by atoms with Gasteiger partial charge in [0.25, 0.3) is 0 Å². The van der Waals surface area contributed by atoms with Crippen LogP contribution < -0.4 is 4.74 Å². The van der Waals surface area contributed by atoms with Crippen LogP contribution in [-0.4, -0.2) is 23.5 Å². The van der Waals surface area contributed by atoms with Gasteiger partial charge in [-0.15, -0.1) is 0 Å². The molecule has 1 aliphatic heterocycles. The molecule has 144 valence electrons. The van der Waals surface area contributed by atoms with Crippen molar-refractivity contribution in [3.8, 4) is 5.75 Å². The van der Waals surface area contributed by atoms with E-state index >= 15 is 0 Å². The SMILES string of the molecule is CCCN1CCCCC12CCc1cc(OCc3ccccc3Cl)ccc1C2. The van der Waals surface area contributed by atoms with Gasteiger partial charge in [-0.2, -0.15) is 0 Å². The number of nitrogens with zero attached hydrogens (tertiary/aromatic N) is 1. The number of hydrogen-bond acceptors (Lipinski definition) is 2. The van der Waals surface area contributed by atoms with Crippen LogP contribution in [0.25, 0.3) is 0 Å². The highest BCUT2D eigenvalue weighted by atomic mass is 35.5. The summed E-state index contributed by atoms with van der Waals surface area (Å²) in [7, 11) is 0. The van der Waals surface area contributed by atoms with Crippen molar-refractivity contribution >= 4 is 11.6 Å². The summed E-state index contributed by atoms with van der Waals surface area (Å²) in [4.78, 5) is 2.79. The first kappa shape index (κ1) is 18.8. The van der Waals surface area contributed by atoms with Crippen LogP contribution in [0.5, 0.6) is 5.75 Å². The van der Waals surface area contributed by atoms with E-state index in [1.54, 1.807) is 0 Å². The van der Waals surface area contributed by atoms with Gasteiger partial charge in [0, 0.05) is 16.1 Å². The van der Waals surface area contributed by atoms with E-state index in [1.807, 2.05) is 24.3 Å². The van der Waals surface area contributed by atoms with Gasteiger partial charge in [-0.25, -0.2) is 0 Å². The van der Waals surface area contributed by atoms with Crippen LogP contribution in [0.2, 0.25) is 5.02 Å². The summed E-state index contributed by atoms with van der Waals surface area (Å²) in [6, 6.07) is 14.6. The number of hydrogen-bond donors (Lipinski definition) is 0. The summed E-state index contributed by atoms with van der Waals surface area (Å²) < 4.78 is 6.04. The second-order valence-corrected chi connectivity index (χ2v) is 8.56. The average molecular weight is 384 g/mol. The van der Waals surface area contributed by atoms with E-state index in [9.17, 15) is 0 Å². The molecule has 1 spiro atoms. The van der Waals surface area contributed by atoms with Crippen molar-refractivity contribution in [1.82, 2.24) is 4.90 Å². The van der Waals surface area contributed by atoms with E-state index in [4.69, 9.17) is 16.3 Å². The van der Waals surface area contributed by atoms with E-state index in [2.05, 4.69) is 30.0 Å². The highest BCUT2D eigenvalue weighted by Crippen LogP contribution is 2.40. The number of aryl methyl sites for hydroxylation is 1. The predicted octanol–water partition coefficient (Wildman–Crippen LogP) is 6.04. The Bertz CT molecular complexity index is 788. The molecule has 1 unspecified atom stereocenters. The molecule has 1 fully saturated rings. The molecule has 2 aromatic rings. The molecule has 2 aliphatic rings. The van der Waals surface area contributed by atoms with Crippen LogP contribution >= 0.6 is 11.6 Å². The van der Waals surface area contributed by atoms with Crippen LogP contribution in [0.4, 0.5) is 0 Å². The van der Waals surface area contributed by atoms with Crippen LogP contribution in [0.1, 0.15) is 55.7 Å². The molecule has 0 amide bonds. The van der Waals surface area contributed by atoms with Crippen molar-refractivity contribution in [2.24, 2.45) is 0 Å². The molecule has 4 rings (SSSR count). The van der Waals surface area contributed by atoms with Gasteiger partial charge in [0.2, 0.25) is 0 Å². The van der Waals surface area contributed by atoms with Crippen molar-refractivity contribution < 1.29 is 4.74 Å². The zero-order valence-electron chi connectivity index (χ0n) is 16.3. The van der Waals surface area contributed by atoms with E-state index in [0.29, 0.717) is 12.1 Å². The van der Waals surface area contributed by atoms with Crippen molar-refractivity contribution in [3.63, 3.8) is 0 Å². The molecule has 0 radical (unpaired) electrons. The van der Waals surface area contributed by atoms with Gasteiger partial charge in [-0.1, -0.05) is 49.2 Å². The lowest BCUT2D eigenvalue weighted by Gasteiger charge is -2.50. The molecule has 1 saturated heterocycles. The quantitative estimate of drug-likeness (QED) is 0.623. The van der Waals surface area contributed by atoms with E-state index in [1.165, 1.54) is 69.2 Å². The normalized spacial score (nSPS) is 22.6. The molecular formula is C24H30ClNO. The zero-order valence-corrected chi connectivity index (χ0v) is 17.1. The van der Waals surface area contributed by atoms with E-state index in [0.717, 1.165) is 16.3 Å². The monoisotopic (exact) mass is 383 g/mol. The van der Waals surface area contributed by atoms with Crippen LogP contribution in [0.3, 0.4) is 0 Å². The molecule has 27 heavy (non-hydrogen) atoms. The Morgan fingerprint density at radius 2 is 1.96 bits per heavy atom. The Hall–Kier alpha value is -1.51. The Morgan fingerprint density at radius 1 is 1.07 bits per heavy atom. The first-order valence-electron chi connectivity index (χ1n) is 10.4. The Morgan fingerprint density at radius 3 is 2.81 bits per heavy atom. The van der Waals surface area contributed by atoms with Gasteiger partial charge >= 0.3 is 0 Å². The minimum absolute atomic E-state index is 0.404. The van der Waals surface area contributed by atoms with Gasteiger partial charge in [-0.3, -0.25) is 4.90 Å². The van der Waals surface area contributed by atoms with Gasteiger partial charge in [0.05, 0.1) is 0 Å². The molecule has 0 N–H and O–H groups in total. The average Bonchev–Trinajstić information content (AvgIpc) is 2.69. The van der Waals surface area contributed by atoms with Crippen molar-refractivity contribution in [2.75, 3.05) is 13.1 Å². The molecule has 0 bridgehead atoms. The number of rotatable bonds is 5. The minimum atomic E-state index is 0.404. The predicted molar refractivity (Wildman–Crippen MR) is 113 cm³/mol. The number of likely N-dealkylation sites (tertiary alicyclic amines) is 1. The number of fused-ring (bicyclic) bond motifs is 1. The highest BCUT2D eigenvalue weighted by molar-refractivity contribution is 6.31. The first-order valence-corrected chi connectivity index (χ1v) is 10.8. The van der Waals surface area contributed by atoms with Crippen molar-refractivity contribution in [3.05, 3.63) is 64.2 Å². The summed E-state index contributed by atoms with van der Waals surface area (Å²) >= 11 is 6.24. The molecule has 2 nitrogen and oxygen atoms in total. The molecule has 1 heterocycles. The Balaban J connectivity index is 1.47. The zero-order chi connectivity index (χ0) is 18.7. The number of piperidine rings is 1. The first-order chi connectivity index (χ1) is 13.2. The summed E-state index contributed by atoms with van der Waals surface area (Å²) in [6.07, 6.45) is 9.01. The molecule has 1 aliphatic carbocycles. The van der Waals surface area contributed by atoms with Gasteiger partial charge in [0.1, 0.15) is 12.4 Å². The fourth-order valence-electron chi connectivity index (χ4n) is 4.94. The maximum absolute atomic E-state index is 6.24. The maximum atomic E-state index is 6.24. The lowest BCUT2D eigenvalue weighted by atomic mass is 9.72. The summed E-state index contributed by atoms with van der Waals surface area (Å²) in [5, 5.41) is 0.769. The smallest absolute Gasteiger partial charge is 0.120 e. The van der Waals surface area contributed by atoms with E-state index in [-0.39, 0.29) is 0 Å². The summed E-state index contributed by atoms with van der Waals surface area (Å²) in [5.41, 5.74) is 4.43. The third-order valence-electron chi connectivity index (χ3n) is 6.39. The number of halogens is 1. The van der Waals surface area contributed by atoms with Crippen molar-refractivity contribution in [1.29, 1.82) is 0 Å². The van der Waals surface area contributed by atoms with E-state index < -0.39 is 0 Å². The lowest BCUT2D eigenvalue weighted by molar-refractivity contribution is 0.0340. The highest BCUT2D eigenvalue weighted by Gasteiger charge is 2.40. The lowest BCUT2D eigenvalue weighted by Crippen LogP contribution is -2.55. The summed E-state index contributed by atoms with van der Waals surface area (Å²) in [6.45, 7) is 5.35. The second kappa shape index (κ2) is 8.24. The second-order valence-electron chi connectivity index (χ2n) is 8.16. The van der Waals surface area contributed by atoms with Crippen molar-refractivity contribution in [2.45, 2.75) is 64.0 Å². The van der Waals surface area contributed by atoms with Crippen LogP contribution in [0, 0.1) is 0 Å². The number of benzene rings is 2. The van der Waals surface area contributed by atoms with Gasteiger partial charge in [-0.05, 0) is 80.9 Å². The molecular weight excluding hydrogens is 354 g/mol. The molecule has 1 atom stereocenters. The minimum Gasteiger partial charge on any atom is -0.489 e. The fraction of sp³-hybridized carbons (Fsp3) is 0.500. The third kappa shape index (κ3) is 4.02. The largest absolute Gasteiger partial charge is 0.489 e. The van der Waals surface area contributed by atoms with Crippen LogP contribution in [0.15, 0.2) is 42.5 Å². The summed E-state index contributed by atoms with van der Waals surface area (Å²) in [5.74, 6) is 0.957. The maximum Gasteiger partial charge on any atom is 0.120 e. The Labute approximate surface area is 168 Å². The third-order valence-corrected chi connectivity index (χ3v) is 6.76. The topological polar surface area (TPSA) is 12.5 Å². The Kier molecular flexibility index (Phi) is 5.75. The number of ether oxygens (including phenoxy) is 1.